The molecular formula is C17H17N3O2. The van der Waals surface area contributed by atoms with Crippen LogP contribution in [-0.4, -0.2) is 23.3 Å². The maximum Gasteiger partial charge on any atom is 0.256 e. The number of nitrogens with zero attached hydrogens (tertiary/aromatic N) is 2. The number of hydrogen-bond donors (Lipinski definition) is 1. The van der Waals surface area contributed by atoms with Gasteiger partial charge in [0.25, 0.3) is 5.91 Å². The Bertz CT molecular complexity index is 727. The number of rotatable bonds is 3. The molecule has 112 valence electrons. The van der Waals surface area contributed by atoms with Gasteiger partial charge in [0.05, 0.1) is 0 Å². The van der Waals surface area contributed by atoms with Crippen molar-refractivity contribution in [3.63, 3.8) is 0 Å². The lowest BCUT2D eigenvalue weighted by molar-refractivity contribution is -0.117. The fourth-order valence-electron chi connectivity index (χ4n) is 2.53. The zero-order valence-electron chi connectivity index (χ0n) is 12.4. The predicted molar refractivity (Wildman–Crippen MR) is 85.0 cm³/mol. The van der Waals surface area contributed by atoms with Gasteiger partial charge in [-0.2, -0.15) is 0 Å². The van der Waals surface area contributed by atoms with Crippen molar-refractivity contribution in [3.8, 4) is 0 Å². The van der Waals surface area contributed by atoms with Gasteiger partial charge in [-0.15, -0.1) is 0 Å². The van der Waals surface area contributed by atoms with E-state index < -0.39 is 0 Å². The molecule has 1 fully saturated rings. The second kappa shape index (κ2) is 5.97. The maximum atomic E-state index is 12.4. The van der Waals surface area contributed by atoms with Gasteiger partial charge in [0.15, 0.2) is 0 Å². The number of pyridine rings is 1. The molecule has 1 aliphatic rings. The summed E-state index contributed by atoms with van der Waals surface area (Å²) in [4.78, 5) is 30.1. The number of amides is 2. The Morgan fingerprint density at radius 2 is 2.14 bits per heavy atom. The number of anilines is 2. The highest BCUT2D eigenvalue weighted by atomic mass is 16.2. The highest BCUT2D eigenvalue weighted by molar-refractivity contribution is 6.05. The molecule has 0 atom stereocenters. The number of carbonyl (C=O) groups is 2. The van der Waals surface area contributed by atoms with E-state index in [1.807, 2.05) is 25.1 Å². The minimum Gasteiger partial charge on any atom is -0.312 e. The van der Waals surface area contributed by atoms with Crippen molar-refractivity contribution in [1.29, 1.82) is 0 Å². The summed E-state index contributed by atoms with van der Waals surface area (Å²) < 4.78 is 0. The smallest absolute Gasteiger partial charge is 0.256 e. The van der Waals surface area contributed by atoms with Crippen molar-refractivity contribution >= 4 is 23.3 Å². The second-order valence-electron chi connectivity index (χ2n) is 5.32. The number of benzene rings is 1. The lowest BCUT2D eigenvalue weighted by Gasteiger charge is -2.16. The molecule has 5 heteroatoms. The van der Waals surface area contributed by atoms with Gasteiger partial charge in [-0.25, -0.2) is 4.98 Å². The third-order valence-electron chi connectivity index (χ3n) is 3.73. The Morgan fingerprint density at radius 3 is 2.86 bits per heavy atom. The zero-order valence-corrected chi connectivity index (χ0v) is 12.4. The third kappa shape index (κ3) is 2.83. The summed E-state index contributed by atoms with van der Waals surface area (Å²) in [6, 6.07) is 10.8. The van der Waals surface area contributed by atoms with Crippen LogP contribution >= 0.6 is 0 Å². The lowest BCUT2D eigenvalue weighted by atomic mass is 10.1. The second-order valence-corrected chi connectivity index (χ2v) is 5.32. The third-order valence-corrected chi connectivity index (χ3v) is 3.73. The minimum atomic E-state index is -0.227. The SMILES string of the molecule is Cc1cccnc1NC(=O)c1cccc(N2CCCC2=O)c1. The average molecular weight is 295 g/mol. The first-order valence-corrected chi connectivity index (χ1v) is 7.28. The van der Waals surface area contributed by atoms with E-state index in [0.29, 0.717) is 24.3 Å². The first-order chi connectivity index (χ1) is 10.6. The monoisotopic (exact) mass is 295 g/mol. The lowest BCUT2D eigenvalue weighted by Crippen LogP contribution is -2.24. The summed E-state index contributed by atoms with van der Waals surface area (Å²) in [5, 5.41) is 2.80. The number of aryl methyl sites for hydroxylation is 1. The molecule has 5 nitrogen and oxygen atoms in total. The van der Waals surface area contributed by atoms with Gasteiger partial charge >= 0.3 is 0 Å². The van der Waals surface area contributed by atoms with Crippen LogP contribution in [0, 0.1) is 6.92 Å². The Morgan fingerprint density at radius 1 is 1.27 bits per heavy atom. The molecule has 0 bridgehead atoms. The maximum absolute atomic E-state index is 12.4. The van der Waals surface area contributed by atoms with E-state index in [0.717, 1.165) is 17.7 Å². The quantitative estimate of drug-likeness (QED) is 0.947. The zero-order chi connectivity index (χ0) is 15.5. The summed E-state index contributed by atoms with van der Waals surface area (Å²) in [6.45, 7) is 2.60. The van der Waals surface area contributed by atoms with Crippen molar-refractivity contribution in [2.75, 3.05) is 16.8 Å². The number of carbonyl (C=O) groups excluding carboxylic acids is 2. The number of hydrogen-bond acceptors (Lipinski definition) is 3. The van der Waals surface area contributed by atoms with Crippen LogP contribution in [0.25, 0.3) is 0 Å². The summed E-state index contributed by atoms with van der Waals surface area (Å²) in [7, 11) is 0. The van der Waals surface area contributed by atoms with Gasteiger partial charge in [-0.05, 0) is 43.2 Å². The standard InChI is InChI=1S/C17H17N3O2/c1-12-5-3-9-18-16(12)19-17(22)13-6-2-7-14(11-13)20-10-4-8-15(20)21/h2-3,5-7,9,11H,4,8,10H2,1H3,(H,18,19,22). The normalized spacial score (nSPS) is 14.2. The molecule has 1 saturated heterocycles. The molecule has 0 aliphatic carbocycles. The Kier molecular flexibility index (Phi) is 3.87. The van der Waals surface area contributed by atoms with Crippen LogP contribution in [-0.2, 0) is 4.79 Å². The van der Waals surface area contributed by atoms with Crippen molar-refractivity contribution in [1.82, 2.24) is 4.98 Å². The van der Waals surface area contributed by atoms with Crippen LogP contribution in [0.3, 0.4) is 0 Å². The van der Waals surface area contributed by atoms with E-state index in [1.165, 1.54) is 0 Å². The molecule has 1 aliphatic heterocycles. The Hall–Kier alpha value is -2.69. The summed E-state index contributed by atoms with van der Waals surface area (Å²) in [5.74, 6) is 0.434. The minimum absolute atomic E-state index is 0.109. The number of nitrogens with one attached hydrogen (secondary N) is 1. The van der Waals surface area contributed by atoms with Crippen LogP contribution < -0.4 is 10.2 Å². The first kappa shape index (κ1) is 14.3. The van der Waals surface area contributed by atoms with Crippen molar-refractivity contribution in [2.45, 2.75) is 19.8 Å². The molecule has 1 aromatic heterocycles. The van der Waals surface area contributed by atoms with Crippen LogP contribution in [0.5, 0.6) is 0 Å². The van der Waals surface area contributed by atoms with Gasteiger partial charge in [-0.3, -0.25) is 9.59 Å². The Balaban J connectivity index is 1.81. The van der Waals surface area contributed by atoms with Gasteiger partial charge in [0, 0.05) is 30.4 Å². The van der Waals surface area contributed by atoms with Crippen LogP contribution in [0.1, 0.15) is 28.8 Å². The molecule has 22 heavy (non-hydrogen) atoms. The van der Waals surface area contributed by atoms with Crippen molar-refractivity contribution in [2.24, 2.45) is 0 Å². The van der Waals surface area contributed by atoms with Gasteiger partial charge < -0.3 is 10.2 Å². The molecular weight excluding hydrogens is 278 g/mol. The average Bonchev–Trinajstić information content (AvgIpc) is 2.96. The van der Waals surface area contributed by atoms with E-state index >= 15 is 0 Å². The van der Waals surface area contributed by atoms with Crippen LogP contribution in [0.15, 0.2) is 42.6 Å². The van der Waals surface area contributed by atoms with E-state index in [2.05, 4.69) is 10.3 Å². The molecule has 2 aromatic rings. The molecule has 0 spiro atoms. The first-order valence-electron chi connectivity index (χ1n) is 7.28. The van der Waals surface area contributed by atoms with E-state index in [-0.39, 0.29) is 11.8 Å². The topological polar surface area (TPSA) is 62.3 Å². The van der Waals surface area contributed by atoms with Gasteiger partial charge in [-0.1, -0.05) is 12.1 Å². The predicted octanol–water partition coefficient (Wildman–Crippen LogP) is 2.77. The summed E-state index contributed by atoms with van der Waals surface area (Å²) in [5.41, 5.74) is 2.19. The van der Waals surface area contributed by atoms with Gasteiger partial charge in [0.2, 0.25) is 5.91 Å². The van der Waals surface area contributed by atoms with Crippen molar-refractivity contribution < 1.29 is 9.59 Å². The Labute approximate surface area is 129 Å². The van der Waals surface area contributed by atoms with E-state index in [9.17, 15) is 9.59 Å². The van der Waals surface area contributed by atoms with Crippen LogP contribution in [0.4, 0.5) is 11.5 Å². The molecule has 1 N–H and O–H groups in total. The largest absolute Gasteiger partial charge is 0.312 e. The van der Waals surface area contributed by atoms with E-state index in [4.69, 9.17) is 0 Å². The van der Waals surface area contributed by atoms with E-state index in [1.54, 1.807) is 29.3 Å². The number of aromatic nitrogens is 1. The molecule has 0 unspecified atom stereocenters. The molecule has 3 rings (SSSR count). The van der Waals surface area contributed by atoms with Crippen LogP contribution in [0.2, 0.25) is 0 Å². The highest BCUT2D eigenvalue weighted by Gasteiger charge is 2.22. The summed E-state index contributed by atoms with van der Waals surface area (Å²) in [6.07, 6.45) is 3.08. The molecule has 2 heterocycles. The molecule has 0 radical (unpaired) electrons. The highest BCUT2D eigenvalue weighted by Crippen LogP contribution is 2.22. The van der Waals surface area contributed by atoms with Gasteiger partial charge in [0.1, 0.15) is 5.82 Å². The van der Waals surface area contributed by atoms with Crippen molar-refractivity contribution in [3.05, 3.63) is 53.7 Å². The fourth-order valence-corrected chi connectivity index (χ4v) is 2.53. The molecule has 1 aromatic carbocycles. The fraction of sp³-hybridized carbons (Fsp3) is 0.235. The molecule has 0 saturated carbocycles. The molecule has 2 amide bonds. The summed E-state index contributed by atoms with van der Waals surface area (Å²) >= 11 is 0.